The number of amides is 2. The van der Waals surface area contributed by atoms with Gasteiger partial charge in [-0.25, -0.2) is 4.99 Å². The summed E-state index contributed by atoms with van der Waals surface area (Å²) in [4.78, 5) is 28.8. The molecular weight excluding hydrogens is 388 g/mol. The van der Waals surface area contributed by atoms with Crippen molar-refractivity contribution in [2.45, 2.75) is 13.0 Å². The van der Waals surface area contributed by atoms with Crippen molar-refractivity contribution in [3.05, 3.63) is 71.4 Å². The Kier molecular flexibility index (Phi) is 6.56. The Morgan fingerprint density at radius 2 is 1.86 bits per heavy atom. The number of anilines is 1. The van der Waals surface area contributed by atoms with E-state index in [-0.39, 0.29) is 11.7 Å². The molecule has 8 heteroatoms. The van der Waals surface area contributed by atoms with E-state index in [0.29, 0.717) is 22.1 Å². The zero-order valence-electron chi connectivity index (χ0n) is 16.1. The van der Waals surface area contributed by atoms with E-state index in [4.69, 9.17) is 10.5 Å². The fraction of sp³-hybridized carbons (Fsp3) is 0.190. The molecule has 0 fully saturated rings. The van der Waals surface area contributed by atoms with Gasteiger partial charge in [0.1, 0.15) is 11.8 Å². The van der Waals surface area contributed by atoms with Gasteiger partial charge >= 0.3 is 0 Å². The lowest BCUT2D eigenvalue weighted by Crippen LogP contribution is -2.33. The number of ether oxygens (including phenoxy) is 1. The first-order chi connectivity index (χ1) is 14.0. The van der Waals surface area contributed by atoms with Crippen molar-refractivity contribution in [2.24, 2.45) is 10.7 Å². The predicted molar refractivity (Wildman–Crippen MR) is 116 cm³/mol. The number of nitrogens with one attached hydrogen (secondary N) is 2. The molecule has 29 heavy (non-hydrogen) atoms. The van der Waals surface area contributed by atoms with Gasteiger partial charge in [0.05, 0.1) is 18.4 Å². The van der Waals surface area contributed by atoms with Crippen molar-refractivity contribution in [3.63, 3.8) is 0 Å². The number of amidine groups is 1. The summed E-state index contributed by atoms with van der Waals surface area (Å²) in [5.74, 6) is 0.202. The van der Waals surface area contributed by atoms with Crippen LogP contribution in [-0.4, -0.2) is 29.8 Å². The molecule has 0 unspecified atom stereocenters. The van der Waals surface area contributed by atoms with Crippen molar-refractivity contribution in [1.29, 1.82) is 0 Å². The first-order valence-electron chi connectivity index (χ1n) is 8.95. The smallest absolute Gasteiger partial charge is 0.248 e. The lowest BCUT2D eigenvalue weighted by atomic mass is 9.96. The van der Waals surface area contributed by atoms with Crippen molar-refractivity contribution >= 4 is 34.4 Å². The molecule has 7 nitrogen and oxygen atoms in total. The fourth-order valence-electron chi connectivity index (χ4n) is 2.92. The summed E-state index contributed by atoms with van der Waals surface area (Å²) in [6.07, 6.45) is 0. The average Bonchev–Trinajstić information content (AvgIpc) is 2.72. The van der Waals surface area contributed by atoms with Gasteiger partial charge in [-0.1, -0.05) is 42.1 Å². The second-order valence-electron chi connectivity index (χ2n) is 6.34. The topological polar surface area (TPSA) is 106 Å². The minimum Gasteiger partial charge on any atom is -0.497 e. The molecule has 1 atom stereocenters. The molecule has 0 spiro atoms. The van der Waals surface area contributed by atoms with Gasteiger partial charge in [-0.2, -0.15) is 0 Å². The summed E-state index contributed by atoms with van der Waals surface area (Å²) in [5.41, 5.74) is 8.18. The van der Waals surface area contributed by atoms with Gasteiger partial charge in [0.2, 0.25) is 11.8 Å². The van der Waals surface area contributed by atoms with E-state index in [9.17, 15) is 9.59 Å². The summed E-state index contributed by atoms with van der Waals surface area (Å²) >= 11 is 1.26. The maximum atomic E-state index is 12.3. The second kappa shape index (κ2) is 9.29. The summed E-state index contributed by atoms with van der Waals surface area (Å²) in [6, 6.07) is 16.1. The molecule has 0 aromatic heterocycles. The number of nitrogens with zero attached hydrogens (tertiary/aromatic N) is 1. The van der Waals surface area contributed by atoms with Crippen LogP contribution in [0.2, 0.25) is 0 Å². The number of allylic oxidation sites excluding steroid dienone is 1. The van der Waals surface area contributed by atoms with Crippen LogP contribution in [0.25, 0.3) is 0 Å². The van der Waals surface area contributed by atoms with Crippen molar-refractivity contribution in [2.75, 3.05) is 18.2 Å². The van der Waals surface area contributed by atoms with Crippen LogP contribution in [0.4, 0.5) is 5.69 Å². The quantitative estimate of drug-likeness (QED) is 0.679. The van der Waals surface area contributed by atoms with E-state index >= 15 is 0 Å². The second-order valence-corrected chi connectivity index (χ2v) is 7.30. The third kappa shape index (κ3) is 5.17. The first-order valence-corrected chi connectivity index (χ1v) is 9.93. The Hall–Kier alpha value is -3.26. The van der Waals surface area contributed by atoms with E-state index in [2.05, 4.69) is 15.6 Å². The van der Waals surface area contributed by atoms with E-state index < -0.39 is 11.9 Å². The summed E-state index contributed by atoms with van der Waals surface area (Å²) in [5, 5.41) is 6.47. The standard InChI is InChI=1S/C21H22N4O3S/c1-13-18(20(22)27)19(14-6-4-3-5-7-14)25-21(23-13)29-12-17(26)24-15-8-10-16(28-2)11-9-15/h3-11,19H,12H2,1-2H3,(H2,22,27)(H,23,25)(H,24,26)/t19-/m1/s1. The lowest BCUT2D eigenvalue weighted by molar-refractivity contribution is -0.115. The van der Waals surface area contributed by atoms with Crippen molar-refractivity contribution in [3.8, 4) is 5.75 Å². The van der Waals surface area contributed by atoms with Gasteiger partial charge in [0.25, 0.3) is 0 Å². The molecule has 0 radical (unpaired) electrons. The zero-order valence-corrected chi connectivity index (χ0v) is 17.0. The number of methoxy groups -OCH3 is 1. The molecule has 2 aromatic rings. The highest BCUT2D eigenvalue weighted by Gasteiger charge is 2.28. The third-order valence-corrected chi connectivity index (χ3v) is 5.20. The minimum absolute atomic E-state index is 0.164. The number of rotatable bonds is 6. The Bertz CT molecular complexity index is 956. The molecule has 2 amide bonds. The van der Waals surface area contributed by atoms with Crippen molar-refractivity contribution in [1.82, 2.24) is 5.32 Å². The van der Waals surface area contributed by atoms with Crippen LogP contribution in [0.3, 0.4) is 0 Å². The number of nitrogens with two attached hydrogens (primary N) is 1. The number of carbonyl (C=O) groups excluding carboxylic acids is 2. The fourth-order valence-corrected chi connectivity index (χ4v) is 3.67. The molecule has 4 N–H and O–H groups in total. The highest BCUT2D eigenvalue weighted by atomic mass is 32.2. The predicted octanol–water partition coefficient (Wildman–Crippen LogP) is 2.83. The monoisotopic (exact) mass is 410 g/mol. The van der Waals surface area contributed by atoms with Gasteiger partial charge < -0.3 is 21.1 Å². The van der Waals surface area contributed by atoms with E-state index in [1.807, 2.05) is 30.3 Å². The molecular formula is C21H22N4O3S. The van der Waals surface area contributed by atoms with E-state index in [0.717, 1.165) is 11.3 Å². The van der Waals surface area contributed by atoms with Crippen molar-refractivity contribution < 1.29 is 14.3 Å². The van der Waals surface area contributed by atoms with Gasteiger partial charge in [-0.05, 0) is 36.8 Å². The van der Waals surface area contributed by atoms with Crippen LogP contribution in [-0.2, 0) is 9.59 Å². The molecule has 2 aromatic carbocycles. The maximum Gasteiger partial charge on any atom is 0.248 e. The molecule has 0 saturated heterocycles. The molecule has 1 aliphatic heterocycles. The number of hydrogen-bond acceptors (Lipinski definition) is 6. The van der Waals surface area contributed by atoms with Crippen LogP contribution in [0.15, 0.2) is 70.9 Å². The average molecular weight is 410 g/mol. The molecule has 1 aliphatic rings. The van der Waals surface area contributed by atoms with E-state index in [1.165, 1.54) is 11.8 Å². The maximum absolute atomic E-state index is 12.3. The summed E-state index contributed by atoms with van der Waals surface area (Å²) in [7, 11) is 1.59. The van der Waals surface area contributed by atoms with Crippen LogP contribution in [0, 0.1) is 0 Å². The Balaban J connectivity index is 1.68. The largest absolute Gasteiger partial charge is 0.497 e. The molecule has 3 rings (SSSR count). The molecule has 150 valence electrons. The molecule has 1 heterocycles. The summed E-state index contributed by atoms with van der Waals surface area (Å²) in [6.45, 7) is 1.78. The highest BCUT2D eigenvalue weighted by Crippen LogP contribution is 2.31. The zero-order chi connectivity index (χ0) is 20.8. The minimum atomic E-state index is -0.520. The molecule has 0 saturated carbocycles. The Morgan fingerprint density at radius 1 is 1.17 bits per heavy atom. The summed E-state index contributed by atoms with van der Waals surface area (Å²) < 4.78 is 5.10. The van der Waals surface area contributed by atoms with E-state index in [1.54, 1.807) is 38.3 Å². The van der Waals surface area contributed by atoms with Crippen LogP contribution in [0.1, 0.15) is 18.5 Å². The lowest BCUT2D eigenvalue weighted by Gasteiger charge is -2.25. The molecule has 0 bridgehead atoms. The third-order valence-electron chi connectivity index (χ3n) is 4.31. The molecule has 0 aliphatic carbocycles. The first kappa shape index (κ1) is 20.5. The number of benzene rings is 2. The Labute approximate surface area is 173 Å². The van der Waals surface area contributed by atoms with Gasteiger partial charge in [-0.3, -0.25) is 9.59 Å². The van der Waals surface area contributed by atoms with Gasteiger partial charge in [0, 0.05) is 11.4 Å². The number of hydrogen-bond donors (Lipinski definition) is 3. The number of aliphatic imine (C=N–C) groups is 1. The van der Waals surface area contributed by atoms with Gasteiger partial charge in [-0.15, -0.1) is 0 Å². The Morgan fingerprint density at radius 3 is 2.48 bits per heavy atom. The number of primary amides is 1. The number of thioether (sulfide) groups is 1. The van der Waals surface area contributed by atoms with Gasteiger partial charge in [0.15, 0.2) is 5.17 Å². The SMILES string of the molecule is COc1ccc(NC(=O)CSC2=N[C@H](c3ccccc3)C(C(N)=O)=C(C)N2)cc1. The van der Waals surface area contributed by atoms with Crippen LogP contribution >= 0.6 is 11.8 Å². The van der Waals surface area contributed by atoms with Crippen LogP contribution < -0.4 is 21.1 Å². The van der Waals surface area contributed by atoms with Crippen LogP contribution in [0.5, 0.6) is 5.75 Å². The highest BCUT2D eigenvalue weighted by molar-refractivity contribution is 8.14. The normalized spacial score (nSPS) is 15.9. The number of carbonyl (C=O) groups is 2.